The van der Waals surface area contributed by atoms with E-state index in [1.807, 2.05) is 20.8 Å². The fourth-order valence-electron chi connectivity index (χ4n) is 2.60. The van der Waals surface area contributed by atoms with Crippen molar-refractivity contribution >= 4 is 16.2 Å². The Morgan fingerprint density at radius 3 is 2.57 bits per heavy atom. The average Bonchev–Trinajstić information content (AvgIpc) is 2.36. The first-order valence-corrected chi connectivity index (χ1v) is 9.06. The van der Waals surface area contributed by atoms with E-state index in [1.165, 1.54) is 0 Å². The molecule has 0 aromatic rings. The normalized spacial score (nSPS) is 21.4. The molecule has 1 aliphatic rings. The van der Waals surface area contributed by atoms with Crippen LogP contribution in [0.4, 0.5) is 0 Å². The van der Waals surface area contributed by atoms with E-state index in [2.05, 4.69) is 4.72 Å². The third-order valence-electron chi connectivity index (χ3n) is 4.15. The second-order valence-corrected chi connectivity index (χ2v) is 8.37. The van der Waals surface area contributed by atoms with Crippen molar-refractivity contribution in [1.29, 1.82) is 0 Å². The fourth-order valence-corrected chi connectivity index (χ4v) is 4.07. The number of carboxylic acid groups (broad SMARTS) is 1. The molecule has 0 aromatic heterocycles. The summed E-state index contributed by atoms with van der Waals surface area (Å²) in [4.78, 5) is 10.6. The Kier molecular flexibility index (Phi) is 6.62. The van der Waals surface area contributed by atoms with Gasteiger partial charge in [0.05, 0.1) is 0 Å². The molecular weight excluding hydrogens is 292 g/mol. The number of carboxylic acids is 1. The first-order valence-electron chi connectivity index (χ1n) is 7.62. The van der Waals surface area contributed by atoms with E-state index in [1.54, 1.807) is 4.31 Å². The van der Waals surface area contributed by atoms with Crippen LogP contribution in [0.2, 0.25) is 0 Å². The average molecular weight is 320 g/mol. The number of aliphatic carboxylic acids is 1. The Hall–Kier alpha value is -0.660. The summed E-state index contributed by atoms with van der Waals surface area (Å²) in [6.45, 7) is 6.80. The lowest BCUT2D eigenvalue weighted by Gasteiger charge is -2.32. The van der Waals surface area contributed by atoms with Crippen molar-refractivity contribution in [3.63, 3.8) is 0 Å². The van der Waals surface area contributed by atoms with Gasteiger partial charge in [0.15, 0.2) is 0 Å². The van der Waals surface area contributed by atoms with Crippen LogP contribution in [0.5, 0.6) is 0 Å². The van der Waals surface area contributed by atoms with Gasteiger partial charge in [0.2, 0.25) is 0 Å². The smallest absolute Gasteiger partial charge is 0.303 e. The van der Waals surface area contributed by atoms with Gasteiger partial charge in [-0.05, 0) is 38.0 Å². The number of nitrogens with one attached hydrogen (secondary N) is 1. The second-order valence-electron chi connectivity index (χ2n) is 6.66. The summed E-state index contributed by atoms with van der Waals surface area (Å²) < 4.78 is 28.7. The van der Waals surface area contributed by atoms with Crippen LogP contribution < -0.4 is 4.72 Å². The second kappa shape index (κ2) is 7.56. The van der Waals surface area contributed by atoms with Crippen molar-refractivity contribution in [3.8, 4) is 0 Å². The van der Waals surface area contributed by atoms with Gasteiger partial charge in [0.1, 0.15) is 0 Å². The van der Waals surface area contributed by atoms with Gasteiger partial charge < -0.3 is 5.11 Å². The molecule has 0 aliphatic carbocycles. The van der Waals surface area contributed by atoms with E-state index in [9.17, 15) is 13.2 Å². The summed E-state index contributed by atoms with van der Waals surface area (Å²) in [6, 6.07) is 0.0521. The molecule has 1 atom stereocenters. The highest BCUT2D eigenvalue weighted by molar-refractivity contribution is 7.87. The predicted octanol–water partition coefficient (Wildman–Crippen LogP) is 1.98. The molecule has 1 saturated heterocycles. The van der Waals surface area contributed by atoms with Gasteiger partial charge in [0.25, 0.3) is 10.2 Å². The van der Waals surface area contributed by atoms with E-state index in [-0.39, 0.29) is 17.9 Å². The van der Waals surface area contributed by atoms with Crippen LogP contribution in [0.25, 0.3) is 0 Å². The highest BCUT2D eigenvalue weighted by Crippen LogP contribution is 2.26. The molecule has 124 valence electrons. The summed E-state index contributed by atoms with van der Waals surface area (Å²) in [5.74, 6) is -0.814. The molecule has 6 nitrogen and oxygen atoms in total. The lowest BCUT2D eigenvalue weighted by atomic mass is 9.84. The Morgan fingerprint density at radius 2 is 2.00 bits per heavy atom. The molecular formula is C14H28N2O4S. The molecule has 1 unspecified atom stereocenters. The number of hydrogen-bond acceptors (Lipinski definition) is 3. The van der Waals surface area contributed by atoms with Crippen LogP contribution in [0.1, 0.15) is 59.3 Å². The molecule has 2 N–H and O–H groups in total. The maximum Gasteiger partial charge on any atom is 0.303 e. The summed E-state index contributed by atoms with van der Waals surface area (Å²) in [5, 5.41) is 8.71. The maximum atomic E-state index is 12.3. The summed E-state index contributed by atoms with van der Waals surface area (Å²) >= 11 is 0. The lowest BCUT2D eigenvalue weighted by Crippen LogP contribution is -2.48. The van der Waals surface area contributed by atoms with Crippen LogP contribution in [-0.2, 0) is 15.0 Å². The number of piperidine rings is 1. The fraction of sp³-hybridized carbons (Fsp3) is 0.929. The summed E-state index contributed by atoms with van der Waals surface area (Å²) in [5.41, 5.74) is -0.186. The number of hydrogen-bond donors (Lipinski definition) is 2. The molecule has 1 heterocycles. The molecule has 0 aromatic carbocycles. The first kappa shape index (κ1) is 18.4. The monoisotopic (exact) mass is 320 g/mol. The van der Waals surface area contributed by atoms with Crippen LogP contribution in [-0.4, -0.2) is 42.9 Å². The summed E-state index contributed by atoms with van der Waals surface area (Å²) in [7, 11) is -3.42. The zero-order chi connectivity index (χ0) is 16.1. The van der Waals surface area contributed by atoms with E-state index in [4.69, 9.17) is 5.11 Å². The highest BCUT2D eigenvalue weighted by atomic mass is 32.2. The molecule has 1 rings (SSSR count). The Labute approximate surface area is 128 Å². The zero-order valence-electron chi connectivity index (χ0n) is 13.3. The number of nitrogens with zero attached hydrogens (tertiary/aromatic N) is 1. The van der Waals surface area contributed by atoms with Gasteiger partial charge in [-0.2, -0.15) is 12.7 Å². The van der Waals surface area contributed by atoms with Crippen LogP contribution in [0.3, 0.4) is 0 Å². The van der Waals surface area contributed by atoms with Crippen molar-refractivity contribution in [3.05, 3.63) is 0 Å². The molecule has 0 saturated carbocycles. The number of carbonyl (C=O) groups is 1. The van der Waals surface area contributed by atoms with E-state index in [0.717, 1.165) is 19.3 Å². The van der Waals surface area contributed by atoms with E-state index < -0.39 is 16.2 Å². The van der Waals surface area contributed by atoms with Crippen molar-refractivity contribution in [2.24, 2.45) is 5.41 Å². The molecule has 7 heteroatoms. The van der Waals surface area contributed by atoms with Crippen molar-refractivity contribution in [2.45, 2.75) is 65.3 Å². The molecule has 0 amide bonds. The molecule has 0 radical (unpaired) electrons. The van der Waals surface area contributed by atoms with Crippen LogP contribution >= 0.6 is 0 Å². The van der Waals surface area contributed by atoms with Crippen LogP contribution in [0.15, 0.2) is 0 Å². The zero-order valence-corrected chi connectivity index (χ0v) is 14.1. The van der Waals surface area contributed by atoms with Gasteiger partial charge in [-0.3, -0.25) is 4.79 Å². The van der Waals surface area contributed by atoms with Crippen molar-refractivity contribution < 1.29 is 18.3 Å². The maximum absolute atomic E-state index is 12.3. The minimum absolute atomic E-state index is 0.0521. The van der Waals surface area contributed by atoms with Gasteiger partial charge in [-0.15, -0.1) is 0 Å². The van der Waals surface area contributed by atoms with Gasteiger partial charge >= 0.3 is 5.97 Å². The Bertz CT molecular complexity index is 448. The summed E-state index contributed by atoms with van der Waals surface area (Å²) in [6.07, 6.45) is 4.19. The van der Waals surface area contributed by atoms with Gasteiger partial charge in [0, 0.05) is 25.6 Å². The van der Waals surface area contributed by atoms with E-state index >= 15 is 0 Å². The van der Waals surface area contributed by atoms with Crippen LogP contribution in [0, 0.1) is 5.41 Å². The van der Waals surface area contributed by atoms with Gasteiger partial charge in [-0.25, -0.2) is 4.72 Å². The SMILES string of the molecule is CC1CCCCN1S(=O)(=O)NCCC(C)(C)CCC(=O)O. The molecule has 1 fully saturated rings. The number of rotatable bonds is 8. The predicted molar refractivity (Wildman–Crippen MR) is 82.2 cm³/mol. The van der Waals surface area contributed by atoms with Crippen molar-refractivity contribution in [2.75, 3.05) is 13.1 Å². The minimum Gasteiger partial charge on any atom is -0.481 e. The molecule has 21 heavy (non-hydrogen) atoms. The lowest BCUT2D eigenvalue weighted by molar-refractivity contribution is -0.137. The molecule has 1 aliphatic heterocycles. The largest absolute Gasteiger partial charge is 0.481 e. The quantitative estimate of drug-likeness (QED) is 0.716. The standard InChI is InChI=1S/C14H28N2O4S/c1-12-6-4-5-11-16(12)21(19,20)15-10-9-14(2,3)8-7-13(17)18/h12,15H,4-11H2,1-3H3,(H,17,18). The van der Waals surface area contributed by atoms with E-state index in [0.29, 0.717) is 25.9 Å². The highest BCUT2D eigenvalue weighted by Gasteiger charge is 2.29. The third kappa shape index (κ3) is 6.32. The molecule has 0 bridgehead atoms. The van der Waals surface area contributed by atoms with Crippen molar-refractivity contribution in [1.82, 2.24) is 9.03 Å². The minimum atomic E-state index is -3.42. The topological polar surface area (TPSA) is 86.7 Å². The third-order valence-corrected chi connectivity index (χ3v) is 5.88. The Morgan fingerprint density at radius 1 is 1.33 bits per heavy atom. The Balaban J connectivity index is 2.44. The molecule has 0 spiro atoms. The first-order chi connectivity index (χ1) is 9.64. The van der Waals surface area contributed by atoms with Gasteiger partial charge in [-0.1, -0.05) is 20.3 Å².